The van der Waals surface area contributed by atoms with Crippen LogP contribution >= 0.6 is 0 Å². The zero-order chi connectivity index (χ0) is 9.35. The van der Waals surface area contributed by atoms with Crippen LogP contribution in [-0.2, 0) is 4.79 Å². The fourth-order valence-electron chi connectivity index (χ4n) is 1.89. The largest absolute Gasteiger partial charge is 0.481 e. The van der Waals surface area contributed by atoms with Crippen LogP contribution in [0.15, 0.2) is 12.2 Å². The first-order valence-corrected chi connectivity index (χ1v) is 4.34. The highest BCUT2D eigenvalue weighted by atomic mass is 16.4. The summed E-state index contributed by atoms with van der Waals surface area (Å²) in [7, 11) is 0. The Morgan fingerprint density at radius 3 is 2.67 bits per heavy atom. The zero-order valence-electron chi connectivity index (χ0n) is 7.76. The van der Waals surface area contributed by atoms with Crippen LogP contribution in [-0.4, -0.2) is 11.1 Å². The Balaban J connectivity index is 2.68. The van der Waals surface area contributed by atoms with E-state index in [9.17, 15) is 4.79 Å². The normalized spacial score (nSPS) is 27.5. The molecule has 0 heterocycles. The maximum Gasteiger partial charge on any atom is 0.303 e. The molecule has 1 aliphatic carbocycles. The molecule has 0 spiro atoms. The van der Waals surface area contributed by atoms with Crippen LogP contribution in [0.3, 0.4) is 0 Å². The summed E-state index contributed by atoms with van der Waals surface area (Å²) in [6.45, 7) is 8.16. The fourth-order valence-corrected chi connectivity index (χ4v) is 1.89. The lowest BCUT2D eigenvalue weighted by Gasteiger charge is -2.26. The minimum Gasteiger partial charge on any atom is -0.481 e. The number of carboxylic acids is 1. The van der Waals surface area contributed by atoms with Gasteiger partial charge >= 0.3 is 5.97 Å². The van der Waals surface area contributed by atoms with Crippen LogP contribution in [0.4, 0.5) is 0 Å². The number of rotatable bonds is 2. The molecule has 1 N–H and O–H groups in total. The van der Waals surface area contributed by atoms with Crippen molar-refractivity contribution in [3.8, 4) is 0 Å². The first-order chi connectivity index (χ1) is 5.44. The van der Waals surface area contributed by atoms with E-state index in [1.54, 1.807) is 0 Å². The van der Waals surface area contributed by atoms with E-state index in [1.165, 1.54) is 5.57 Å². The van der Waals surface area contributed by atoms with Crippen molar-refractivity contribution in [1.82, 2.24) is 0 Å². The lowest BCUT2D eigenvalue weighted by Crippen LogP contribution is -2.21. The van der Waals surface area contributed by atoms with Gasteiger partial charge in [-0.1, -0.05) is 26.0 Å². The molecule has 0 aliphatic heterocycles. The highest BCUT2D eigenvalue weighted by Crippen LogP contribution is 2.47. The van der Waals surface area contributed by atoms with E-state index in [0.717, 1.165) is 12.8 Å². The SMILES string of the molecule is C=C1CC[C@H](CC(=O)O)C1(C)C. The van der Waals surface area contributed by atoms with Crippen LogP contribution in [0.5, 0.6) is 0 Å². The Bertz CT molecular complexity index is 216. The van der Waals surface area contributed by atoms with Gasteiger partial charge in [-0.05, 0) is 24.2 Å². The molecule has 1 saturated carbocycles. The maximum absolute atomic E-state index is 10.5. The number of hydrogen-bond acceptors (Lipinski definition) is 1. The lowest BCUT2D eigenvalue weighted by atomic mass is 9.78. The Kier molecular flexibility index (Phi) is 2.27. The van der Waals surface area contributed by atoms with E-state index in [2.05, 4.69) is 20.4 Å². The summed E-state index contributed by atoms with van der Waals surface area (Å²) >= 11 is 0. The van der Waals surface area contributed by atoms with Gasteiger partial charge in [-0.3, -0.25) is 4.79 Å². The highest BCUT2D eigenvalue weighted by molar-refractivity contribution is 5.67. The van der Waals surface area contributed by atoms with Crippen LogP contribution < -0.4 is 0 Å². The molecule has 12 heavy (non-hydrogen) atoms. The Labute approximate surface area is 73.3 Å². The van der Waals surface area contributed by atoms with E-state index < -0.39 is 5.97 Å². The van der Waals surface area contributed by atoms with Gasteiger partial charge in [0.2, 0.25) is 0 Å². The first-order valence-electron chi connectivity index (χ1n) is 4.34. The van der Waals surface area contributed by atoms with E-state index in [0.29, 0.717) is 0 Å². The Morgan fingerprint density at radius 1 is 1.75 bits per heavy atom. The predicted molar refractivity (Wildman–Crippen MR) is 47.9 cm³/mol. The molecular formula is C10H16O2. The molecule has 0 radical (unpaired) electrons. The van der Waals surface area contributed by atoms with Crippen molar-refractivity contribution >= 4 is 5.97 Å². The van der Waals surface area contributed by atoms with Crippen molar-refractivity contribution < 1.29 is 9.90 Å². The summed E-state index contributed by atoms with van der Waals surface area (Å²) in [5, 5.41) is 8.66. The molecule has 0 aromatic rings. The highest BCUT2D eigenvalue weighted by Gasteiger charge is 2.38. The molecule has 0 unspecified atom stereocenters. The third-order valence-electron chi connectivity index (χ3n) is 3.15. The van der Waals surface area contributed by atoms with Gasteiger partial charge < -0.3 is 5.11 Å². The van der Waals surface area contributed by atoms with Crippen molar-refractivity contribution in [2.75, 3.05) is 0 Å². The molecule has 0 amide bonds. The fraction of sp³-hybridized carbons (Fsp3) is 0.700. The molecule has 0 bridgehead atoms. The second-order valence-corrected chi connectivity index (χ2v) is 4.16. The quantitative estimate of drug-likeness (QED) is 0.643. The second kappa shape index (κ2) is 2.92. The van der Waals surface area contributed by atoms with E-state index in [-0.39, 0.29) is 17.8 Å². The third-order valence-corrected chi connectivity index (χ3v) is 3.15. The Morgan fingerprint density at radius 2 is 2.33 bits per heavy atom. The number of aliphatic carboxylic acids is 1. The third kappa shape index (κ3) is 1.52. The van der Waals surface area contributed by atoms with Crippen molar-refractivity contribution in [3.05, 3.63) is 12.2 Å². The molecule has 1 atom stereocenters. The first kappa shape index (κ1) is 9.30. The van der Waals surface area contributed by atoms with Gasteiger partial charge in [0.1, 0.15) is 0 Å². The van der Waals surface area contributed by atoms with Crippen LogP contribution in [0.2, 0.25) is 0 Å². The molecule has 1 rings (SSSR count). The van der Waals surface area contributed by atoms with Gasteiger partial charge in [-0.25, -0.2) is 0 Å². The van der Waals surface area contributed by atoms with E-state index in [1.807, 2.05) is 0 Å². The summed E-state index contributed by atoms with van der Waals surface area (Å²) in [6.07, 6.45) is 2.26. The molecular weight excluding hydrogens is 152 g/mol. The number of hydrogen-bond donors (Lipinski definition) is 1. The van der Waals surface area contributed by atoms with E-state index in [4.69, 9.17) is 5.11 Å². The molecule has 68 valence electrons. The molecule has 0 aromatic heterocycles. The lowest BCUT2D eigenvalue weighted by molar-refractivity contribution is -0.138. The van der Waals surface area contributed by atoms with Crippen LogP contribution in [0.1, 0.15) is 33.1 Å². The van der Waals surface area contributed by atoms with Crippen molar-refractivity contribution in [2.24, 2.45) is 11.3 Å². The van der Waals surface area contributed by atoms with Gasteiger partial charge in [0.05, 0.1) is 0 Å². The molecule has 2 nitrogen and oxygen atoms in total. The van der Waals surface area contributed by atoms with Gasteiger partial charge in [0.15, 0.2) is 0 Å². The summed E-state index contributed by atoms with van der Waals surface area (Å²) < 4.78 is 0. The number of carbonyl (C=O) groups is 1. The number of allylic oxidation sites excluding steroid dienone is 1. The van der Waals surface area contributed by atoms with Crippen molar-refractivity contribution in [2.45, 2.75) is 33.1 Å². The number of carboxylic acid groups (broad SMARTS) is 1. The summed E-state index contributed by atoms with van der Waals surface area (Å²) in [4.78, 5) is 10.5. The monoisotopic (exact) mass is 168 g/mol. The molecule has 1 fully saturated rings. The summed E-state index contributed by atoms with van der Waals surface area (Å²) in [5.41, 5.74) is 1.23. The Hall–Kier alpha value is -0.790. The average molecular weight is 168 g/mol. The van der Waals surface area contributed by atoms with Crippen molar-refractivity contribution in [1.29, 1.82) is 0 Å². The smallest absolute Gasteiger partial charge is 0.303 e. The molecule has 1 aliphatic rings. The van der Waals surface area contributed by atoms with Gasteiger partial charge in [0.25, 0.3) is 0 Å². The predicted octanol–water partition coefficient (Wildman–Crippen LogP) is 2.45. The van der Waals surface area contributed by atoms with Crippen molar-refractivity contribution in [3.63, 3.8) is 0 Å². The topological polar surface area (TPSA) is 37.3 Å². The summed E-state index contributed by atoms with van der Waals surface area (Å²) in [6, 6.07) is 0. The van der Waals surface area contributed by atoms with Gasteiger partial charge in [-0.15, -0.1) is 0 Å². The molecule has 0 saturated heterocycles. The maximum atomic E-state index is 10.5. The standard InChI is InChI=1S/C10H16O2/c1-7-4-5-8(6-9(11)12)10(7,2)3/h8H,1,4-6H2,2-3H3,(H,11,12)/t8-/m1/s1. The second-order valence-electron chi connectivity index (χ2n) is 4.16. The minimum absolute atomic E-state index is 0.0262. The minimum atomic E-state index is -0.692. The molecule has 2 heteroatoms. The average Bonchev–Trinajstić information content (AvgIpc) is 2.15. The van der Waals surface area contributed by atoms with Crippen LogP contribution in [0.25, 0.3) is 0 Å². The van der Waals surface area contributed by atoms with Gasteiger partial charge in [-0.2, -0.15) is 0 Å². The zero-order valence-corrected chi connectivity index (χ0v) is 7.76. The van der Waals surface area contributed by atoms with E-state index >= 15 is 0 Å². The molecule has 0 aromatic carbocycles. The van der Waals surface area contributed by atoms with Gasteiger partial charge in [0, 0.05) is 6.42 Å². The summed E-state index contributed by atoms with van der Waals surface area (Å²) in [5.74, 6) is -0.412. The van der Waals surface area contributed by atoms with Crippen LogP contribution in [0, 0.1) is 11.3 Å².